The van der Waals surface area contributed by atoms with Crippen LogP contribution in [0.15, 0.2) is 18.2 Å². The Hall–Kier alpha value is -0.440. The molecule has 1 unspecified atom stereocenters. The maximum atomic E-state index is 11.2. The fraction of sp³-hybridized carbons (Fsp3) is 0.417. The van der Waals surface area contributed by atoms with E-state index >= 15 is 0 Å². The molecule has 0 bridgehead atoms. The molecular formula is C12H13Cl3O2. The molecule has 1 aromatic rings. The summed E-state index contributed by atoms with van der Waals surface area (Å²) in [6.45, 7) is 0. The van der Waals surface area contributed by atoms with E-state index in [0.717, 1.165) is 12.8 Å². The molecule has 1 N–H and O–H groups in total. The predicted octanol–water partition coefficient (Wildman–Crippen LogP) is 4.57. The fourth-order valence-electron chi connectivity index (χ4n) is 1.60. The van der Waals surface area contributed by atoms with Gasteiger partial charge in [0, 0.05) is 5.88 Å². The molecule has 0 aliphatic rings. The van der Waals surface area contributed by atoms with Gasteiger partial charge in [0.2, 0.25) is 0 Å². The number of hydrogen-bond donors (Lipinski definition) is 1. The van der Waals surface area contributed by atoms with E-state index in [1.165, 1.54) is 0 Å². The molecule has 17 heavy (non-hydrogen) atoms. The lowest BCUT2D eigenvalue weighted by Gasteiger charge is -2.13. The van der Waals surface area contributed by atoms with Gasteiger partial charge in [0.25, 0.3) is 0 Å². The zero-order valence-electron chi connectivity index (χ0n) is 9.13. The van der Waals surface area contributed by atoms with Crippen LogP contribution in [0.3, 0.4) is 0 Å². The summed E-state index contributed by atoms with van der Waals surface area (Å²) in [5.41, 5.74) is 0.682. The predicted molar refractivity (Wildman–Crippen MR) is 71.4 cm³/mol. The van der Waals surface area contributed by atoms with Crippen molar-refractivity contribution in [3.05, 3.63) is 33.8 Å². The van der Waals surface area contributed by atoms with Gasteiger partial charge in [0.05, 0.1) is 16.0 Å². The Bertz CT molecular complexity index is 393. The van der Waals surface area contributed by atoms with E-state index in [4.69, 9.17) is 34.8 Å². The van der Waals surface area contributed by atoms with E-state index in [1.807, 2.05) is 0 Å². The number of rotatable bonds is 6. The van der Waals surface area contributed by atoms with Gasteiger partial charge in [-0.05, 0) is 30.5 Å². The first kappa shape index (κ1) is 14.6. The Labute approximate surface area is 115 Å². The highest BCUT2D eigenvalue weighted by Gasteiger charge is 2.19. The van der Waals surface area contributed by atoms with Crippen molar-refractivity contribution in [1.29, 1.82) is 0 Å². The van der Waals surface area contributed by atoms with Crippen LogP contribution in [-0.4, -0.2) is 17.0 Å². The van der Waals surface area contributed by atoms with Gasteiger partial charge in [-0.25, -0.2) is 0 Å². The number of carbonyl (C=O) groups is 1. The molecule has 0 spiro atoms. The third-order valence-corrected chi connectivity index (χ3v) is 3.53. The Kier molecular flexibility index (Phi) is 6.10. The molecule has 0 aliphatic heterocycles. The second-order valence-corrected chi connectivity index (χ2v) is 4.94. The van der Waals surface area contributed by atoms with Crippen molar-refractivity contribution in [3.8, 4) is 0 Å². The van der Waals surface area contributed by atoms with E-state index in [0.29, 0.717) is 27.9 Å². The van der Waals surface area contributed by atoms with Gasteiger partial charge in [0.1, 0.15) is 0 Å². The summed E-state index contributed by atoms with van der Waals surface area (Å²) in [5.74, 6) is -0.848. The number of aliphatic carboxylic acids is 1. The average molecular weight is 296 g/mol. The first-order valence-corrected chi connectivity index (χ1v) is 6.59. The number of halogens is 3. The van der Waals surface area contributed by atoms with Crippen molar-refractivity contribution in [2.24, 2.45) is 0 Å². The number of alkyl halides is 1. The molecule has 2 nitrogen and oxygen atoms in total. The normalized spacial score (nSPS) is 12.4. The number of hydrogen-bond acceptors (Lipinski definition) is 1. The summed E-state index contributed by atoms with van der Waals surface area (Å²) in [6, 6.07) is 4.94. The highest BCUT2D eigenvalue weighted by molar-refractivity contribution is 6.42. The molecule has 5 heteroatoms. The molecule has 0 radical (unpaired) electrons. The average Bonchev–Trinajstić information content (AvgIpc) is 2.28. The van der Waals surface area contributed by atoms with E-state index in [2.05, 4.69) is 0 Å². The third-order valence-electron chi connectivity index (χ3n) is 2.52. The van der Waals surface area contributed by atoms with Crippen molar-refractivity contribution in [1.82, 2.24) is 0 Å². The van der Waals surface area contributed by atoms with Gasteiger partial charge in [-0.1, -0.05) is 35.7 Å². The highest BCUT2D eigenvalue weighted by atomic mass is 35.5. The lowest BCUT2D eigenvalue weighted by molar-refractivity contribution is -0.139. The summed E-state index contributed by atoms with van der Waals surface area (Å²) in [6.07, 6.45) is 2.15. The third kappa shape index (κ3) is 4.38. The van der Waals surface area contributed by atoms with Crippen LogP contribution in [0.25, 0.3) is 0 Å². The van der Waals surface area contributed by atoms with Crippen LogP contribution < -0.4 is 0 Å². The standard InChI is InChI=1S/C12H13Cl3O2/c13-6-2-1-3-9(12(16)17)8-4-5-10(14)11(15)7-8/h4-5,7,9H,1-3,6H2,(H,16,17). The minimum atomic E-state index is -0.849. The smallest absolute Gasteiger partial charge is 0.310 e. The van der Waals surface area contributed by atoms with Crippen molar-refractivity contribution < 1.29 is 9.90 Å². The topological polar surface area (TPSA) is 37.3 Å². The quantitative estimate of drug-likeness (QED) is 0.616. The molecule has 0 saturated heterocycles. The van der Waals surface area contributed by atoms with Crippen LogP contribution in [0, 0.1) is 0 Å². The molecule has 0 aliphatic carbocycles. The van der Waals surface area contributed by atoms with Gasteiger partial charge in [-0.15, -0.1) is 11.6 Å². The Morgan fingerprint density at radius 3 is 2.47 bits per heavy atom. The molecule has 1 rings (SSSR count). The van der Waals surface area contributed by atoms with Gasteiger partial charge >= 0.3 is 5.97 Å². The second-order valence-electron chi connectivity index (χ2n) is 3.75. The molecule has 0 fully saturated rings. The summed E-state index contributed by atoms with van der Waals surface area (Å²) < 4.78 is 0. The number of benzene rings is 1. The molecular weight excluding hydrogens is 282 g/mol. The minimum absolute atomic E-state index is 0.382. The molecule has 94 valence electrons. The first-order valence-electron chi connectivity index (χ1n) is 5.30. The van der Waals surface area contributed by atoms with Crippen molar-refractivity contribution >= 4 is 40.8 Å². The summed E-state index contributed by atoms with van der Waals surface area (Å²) in [4.78, 5) is 11.2. The van der Waals surface area contributed by atoms with Gasteiger partial charge < -0.3 is 5.11 Å². The lowest BCUT2D eigenvalue weighted by Crippen LogP contribution is -2.11. The molecule has 0 saturated carbocycles. The molecule has 1 atom stereocenters. The lowest BCUT2D eigenvalue weighted by atomic mass is 9.94. The van der Waals surface area contributed by atoms with Gasteiger partial charge in [0.15, 0.2) is 0 Å². The summed E-state index contributed by atoms with van der Waals surface area (Å²) >= 11 is 17.2. The molecule has 0 aromatic heterocycles. The largest absolute Gasteiger partial charge is 0.481 e. The van der Waals surface area contributed by atoms with Crippen LogP contribution in [0.2, 0.25) is 10.0 Å². The van der Waals surface area contributed by atoms with Crippen LogP contribution in [0.1, 0.15) is 30.7 Å². The molecule has 0 amide bonds. The maximum absolute atomic E-state index is 11.2. The Morgan fingerprint density at radius 1 is 1.24 bits per heavy atom. The van der Waals surface area contributed by atoms with Crippen molar-refractivity contribution in [2.75, 3.05) is 5.88 Å². The molecule has 0 heterocycles. The van der Waals surface area contributed by atoms with Gasteiger partial charge in [-0.3, -0.25) is 4.79 Å². The van der Waals surface area contributed by atoms with Gasteiger partial charge in [-0.2, -0.15) is 0 Å². The minimum Gasteiger partial charge on any atom is -0.481 e. The Morgan fingerprint density at radius 2 is 1.94 bits per heavy atom. The van der Waals surface area contributed by atoms with E-state index in [9.17, 15) is 9.90 Å². The van der Waals surface area contributed by atoms with Crippen molar-refractivity contribution in [3.63, 3.8) is 0 Å². The van der Waals surface area contributed by atoms with Crippen molar-refractivity contribution in [2.45, 2.75) is 25.2 Å². The van der Waals surface area contributed by atoms with Crippen LogP contribution in [0.5, 0.6) is 0 Å². The van der Waals surface area contributed by atoms with Crippen LogP contribution in [-0.2, 0) is 4.79 Å². The summed E-state index contributed by atoms with van der Waals surface area (Å²) in [5, 5.41) is 9.99. The number of carboxylic acid groups (broad SMARTS) is 1. The van der Waals surface area contributed by atoms with E-state index in [-0.39, 0.29) is 0 Å². The number of unbranched alkanes of at least 4 members (excludes halogenated alkanes) is 1. The monoisotopic (exact) mass is 294 g/mol. The number of carboxylic acids is 1. The van der Waals surface area contributed by atoms with E-state index in [1.54, 1.807) is 18.2 Å². The highest BCUT2D eigenvalue weighted by Crippen LogP contribution is 2.29. The fourth-order valence-corrected chi connectivity index (χ4v) is 2.10. The maximum Gasteiger partial charge on any atom is 0.310 e. The first-order chi connectivity index (χ1) is 8.06. The van der Waals surface area contributed by atoms with Crippen LogP contribution >= 0.6 is 34.8 Å². The zero-order chi connectivity index (χ0) is 12.8. The SMILES string of the molecule is O=C(O)C(CCCCCl)c1ccc(Cl)c(Cl)c1. The van der Waals surface area contributed by atoms with E-state index < -0.39 is 11.9 Å². The second kappa shape index (κ2) is 7.10. The summed E-state index contributed by atoms with van der Waals surface area (Å²) in [7, 11) is 0. The zero-order valence-corrected chi connectivity index (χ0v) is 11.4. The molecule has 1 aromatic carbocycles. The van der Waals surface area contributed by atoms with Crippen LogP contribution in [0.4, 0.5) is 0 Å². The Balaban J connectivity index is 2.82.